The van der Waals surface area contributed by atoms with Crippen molar-refractivity contribution in [2.45, 2.75) is 30.1 Å². The summed E-state index contributed by atoms with van der Waals surface area (Å²) < 4.78 is 2.45. The number of fused-ring (bicyclic) bond motifs is 12. The van der Waals surface area contributed by atoms with Crippen molar-refractivity contribution in [3.8, 4) is 39.1 Å². The first-order valence-corrected chi connectivity index (χ1v) is 27.8. The molecule has 0 N–H and O–H groups in total. The van der Waals surface area contributed by atoms with Crippen molar-refractivity contribution < 1.29 is 0 Å². The number of rotatable bonds is 8. The molecule has 0 unspecified atom stereocenters. The summed E-state index contributed by atoms with van der Waals surface area (Å²) in [4.78, 5) is 2.59. The van der Waals surface area contributed by atoms with Gasteiger partial charge >= 0.3 is 0 Å². The standard InChI is InChI=1S/C77H54N2/c1-75(2)68-48-55(42-45-59(68)60-46-44-57(49-69(60)75)79-71-39-21-17-33-62(71)63-34-18-22-40-72(63)79)78(56-43-47-61-58-32-15-19-36-65(58)77(70(61)50-56,53-28-11-5-12-29-53)54-30-13-6-14-31-54)73-41-23-38-67-74(73)64-35-16-20-37-66(64)76(67,51-24-7-3-8-25-51)52-26-9-4-10-27-52/h3-50H,1-2H3. The van der Waals surface area contributed by atoms with Crippen molar-refractivity contribution in [3.63, 3.8) is 0 Å². The topological polar surface area (TPSA) is 8.17 Å². The molecule has 1 aromatic heterocycles. The molecule has 16 rings (SSSR count). The molecule has 2 heteroatoms. The van der Waals surface area contributed by atoms with Crippen molar-refractivity contribution in [1.82, 2.24) is 4.57 Å². The minimum Gasteiger partial charge on any atom is -0.310 e. The number of hydrogen-bond acceptors (Lipinski definition) is 1. The molecule has 0 amide bonds. The van der Waals surface area contributed by atoms with Gasteiger partial charge in [0.05, 0.1) is 27.6 Å². The molecule has 1 heterocycles. The van der Waals surface area contributed by atoms with Gasteiger partial charge in [0.25, 0.3) is 0 Å². The quantitative estimate of drug-likeness (QED) is 0.147. The Morgan fingerprint density at radius 2 is 0.684 bits per heavy atom. The molecule has 0 fully saturated rings. The van der Waals surface area contributed by atoms with Crippen LogP contribution in [0.3, 0.4) is 0 Å². The zero-order chi connectivity index (χ0) is 52.5. The average molecular weight is 1010 g/mol. The van der Waals surface area contributed by atoms with E-state index in [0.717, 1.165) is 17.1 Å². The molecule has 13 aromatic rings. The van der Waals surface area contributed by atoms with Crippen LogP contribution in [0, 0.1) is 0 Å². The Bertz CT molecular complexity index is 4430. The summed E-state index contributed by atoms with van der Waals surface area (Å²) >= 11 is 0. The molecule has 0 atom stereocenters. The van der Waals surface area contributed by atoms with E-state index in [1.807, 2.05) is 0 Å². The van der Waals surface area contributed by atoms with Crippen LogP contribution in [0.4, 0.5) is 17.1 Å². The highest BCUT2D eigenvalue weighted by Gasteiger charge is 2.49. The third-order valence-electron chi connectivity index (χ3n) is 18.1. The van der Waals surface area contributed by atoms with E-state index in [1.54, 1.807) is 0 Å². The zero-order valence-corrected chi connectivity index (χ0v) is 44.1. The summed E-state index contributed by atoms with van der Waals surface area (Å²) in [5.74, 6) is 0. The number of anilines is 3. The third kappa shape index (κ3) is 6.23. The monoisotopic (exact) mass is 1010 g/mol. The van der Waals surface area contributed by atoms with E-state index in [0.29, 0.717) is 0 Å². The van der Waals surface area contributed by atoms with Gasteiger partial charge in [-0.2, -0.15) is 0 Å². The molecule has 0 bridgehead atoms. The summed E-state index contributed by atoms with van der Waals surface area (Å²) in [7, 11) is 0. The van der Waals surface area contributed by atoms with Gasteiger partial charge in [-0.05, 0) is 138 Å². The zero-order valence-electron chi connectivity index (χ0n) is 44.1. The van der Waals surface area contributed by atoms with Gasteiger partial charge in [0.1, 0.15) is 0 Å². The van der Waals surface area contributed by atoms with Crippen LogP contribution in [0.5, 0.6) is 0 Å². The second kappa shape index (κ2) is 17.1. The van der Waals surface area contributed by atoms with Crippen molar-refractivity contribution in [3.05, 3.63) is 347 Å². The number of benzene rings is 12. The minimum absolute atomic E-state index is 0.322. The molecule has 0 radical (unpaired) electrons. The third-order valence-corrected chi connectivity index (χ3v) is 18.1. The van der Waals surface area contributed by atoms with Crippen LogP contribution < -0.4 is 4.90 Å². The van der Waals surface area contributed by atoms with Crippen LogP contribution in [0.15, 0.2) is 291 Å². The second-order valence-corrected chi connectivity index (χ2v) is 22.3. The van der Waals surface area contributed by atoms with Crippen LogP contribution >= 0.6 is 0 Å². The lowest BCUT2D eigenvalue weighted by Gasteiger charge is -2.36. The van der Waals surface area contributed by atoms with E-state index >= 15 is 0 Å². The molecular formula is C77H54N2. The predicted octanol–water partition coefficient (Wildman–Crippen LogP) is 19.3. The Morgan fingerprint density at radius 1 is 0.291 bits per heavy atom. The fourth-order valence-electron chi connectivity index (χ4n) is 14.9. The van der Waals surface area contributed by atoms with E-state index in [2.05, 4.69) is 315 Å². The normalized spacial score (nSPS) is 14.5. The largest absolute Gasteiger partial charge is 0.310 e. The van der Waals surface area contributed by atoms with Crippen LogP contribution in [-0.2, 0) is 16.2 Å². The highest BCUT2D eigenvalue weighted by molar-refractivity contribution is 6.09. The fraction of sp³-hybridized carbons (Fsp3) is 0.0649. The van der Waals surface area contributed by atoms with Crippen molar-refractivity contribution >= 4 is 38.9 Å². The van der Waals surface area contributed by atoms with Crippen molar-refractivity contribution in [2.24, 2.45) is 0 Å². The number of hydrogen-bond donors (Lipinski definition) is 0. The Labute approximate surface area is 461 Å². The minimum atomic E-state index is -0.577. The molecule has 12 aromatic carbocycles. The van der Waals surface area contributed by atoms with E-state index < -0.39 is 10.8 Å². The van der Waals surface area contributed by atoms with Crippen LogP contribution in [0.25, 0.3) is 60.9 Å². The van der Waals surface area contributed by atoms with Crippen LogP contribution in [0.2, 0.25) is 0 Å². The molecule has 2 nitrogen and oxygen atoms in total. The van der Waals surface area contributed by atoms with Crippen molar-refractivity contribution in [2.75, 3.05) is 4.90 Å². The first kappa shape index (κ1) is 45.4. The van der Waals surface area contributed by atoms with E-state index in [9.17, 15) is 0 Å². The Kier molecular flexibility index (Phi) is 9.85. The Balaban J connectivity index is 0.954. The Morgan fingerprint density at radius 3 is 1.24 bits per heavy atom. The summed E-state index contributed by atoms with van der Waals surface area (Å²) in [6.07, 6.45) is 0. The first-order chi connectivity index (χ1) is 39.0. The van der Waals surface area contributed by atoms with Gasteiger partial charge in [-0.1, -0.05) is 250 Å². The molecule has 0 saturated carbocycles. The first-order valence-electron chi connectivity index (χ1n) is 27.8. The molecule has 0 spiro atoms. The SMILES string of the molecule is CC1(C)c2cc(N(c3ccc4c(c3)C(c3ccccc3)(c3ccccc3)c3ccccc3-4)c3cccc4c3-c3ccccc3C4(c3ccccc3)c3ccccc3)ccc2-c2ccc(-n3c4ccccc4c4ccccc43)cc21. The van der Waals surface area contributed by atoms with Gasteiger partial charge in [0, 0.05) is 38.8 Å². The van der Waals surface area contributed by atoms with E-state index in [-0.39, 0.29) is 5.41 Å². The van der Waals surface area contributed by atoms with Gasteiger partial charge in [0.15, 0.2) is 0 Å². The average Bonchev–Trinajstić information content (AvgIpc) is 4.40. The lowest BCUT2D eigenvalue weighted by atomic mass is 9.67. The second-order valence-electron chi connectivity index (χ2n) is 22.3. The number of para-hydroxylation sites is 2. The molecule has 3 aliphatic carbocycles. The number of aromatic nitrogens is 1. The maximum absolute atomic E-state index is 2.59. The van der Waals surface area contributed by atoms with Gasteiger partial charge in [-0.25, -0.2) is 0 Å². The fourth-order valence-corrected chi connectivity index (χ4v) is 14.9. The maximum atomic E-state index is 2.59. The molecule has 0 aliphatic heterocycles. The highest BCUT2D eigenvalue weighted by atomic mass is 15.1. The highest BCUT2D eigenvalue weighted by Crippen LogP contribution is 2.62. The van der Waals surface area contributed by atoms with E-state index in [1.165, 1.54) is 117 Å². The summed E-state index contributed by atoms with van der Waals surface area (Å²) in [6, 6.07) is 109. The van der Waals surface area contributed by atoms with E-state index in [4.69, 9.17) is 0 Å². The van der Waals surface area contributed by atoms with Gasteiger partial charge in [0.2, 0.25) is 0 Å². The summed E-state index contributed by atoms with van der Waals surface area (Å²) in [6.45, 7) is 4.85. The van der Waals surface area contributed by atoms with Crippen LogP contribution in [0.1, 0.15) is 69.5 Å². The lowest BCUT2D eigenvalue weighted by Crippen LogP contribution is -2.29. The summed E-state index contributed by atoms with van der Waals surface area (Å²) in [5, 5.41) is 2.54. The van der Waals surface area contributed by atoms with Crippen molar-refractivity contribution in [1.29, 1.82) is 0 Å². The van der Waals surface area contributed by atoms with Gasteiger partial charge in [-0.15, -0.1) is 0 Å². The smallest absolute Gasteiger partial charge is 0.0714 e. The number of nitrogens with zero attached hydrogens (tertiary/aromatic N) is 2. The summed E-state index contributed by atoms with van der Waals surface area (Å²) in [5.41, 5.74) is 25.9. The Hall–Kier alpha value is -9.76. The van der Waals surface area contributed by atoms with Gasteiger partial charge < -0.3 is 9.47 Å². The molecular weight excluding hydrogens is 953 g/mol. The molecule has 372 valence electrons. The molecule has 3 aliphatic rings. The van der Waals surface area contributed by atoms with Gasteiger partial charge in [-0.3, -0.25) is 0 Å². The molecule has 0 saturated heterocycles. The predicted molar refractivity (Wildman–Crippen MR) is 328 cm³/mol. The maximum Gasteiger partial charge on any atom is 0.0714 e. The molecule has 79 heavy (non-hydrogen) atoms. The lowest BCUT2D eigenvalue weighted by molar-refractivity contribution is 0.660. The van der Waals surface area contributed by atoms with Crippen LogP contribution in [-0.4, -0.2) is 4.57 Å².